The number of hydrogen-bond acceptors (Lipinski definition) is 5. The van der Waals surface area contributed by atoms with Crippen LogP contribution in [0.25, 0.3) is 0 Å². The second kappa shape index (κ2) is 7.71. The largest absolute Gasteiger partial charge is 0.376 e. The van der Waals surface area contributed by atoms with E-state index in [-0.39, 0.29) is 24.5 Å². The zero-order valence-corrected chi connectivity index (χ0v) is 14.1. The van der Waals surface area contributed by atoms with Gasteiger partial charge in [0.2, 0.25) is 0 Å². The van der Waals surface area contributed by atoms with Crippen LogP contribution in [0.3, 0.4) is 0 Å². The van der Waals surface area contributed by atoms with Gasteiger partial charge in [0.15, 0.2) is 0 Å². The summed E-state index contributed by atoms with van der Waals surface area (Å²) < 4.78 is 5.43. The molecule has 1 fully saturated rings. The van der Waals surface area contributed by atoms with E-state index in [0.717, 1.165) is 25.1 Å². The zero-order chi connectivity index (χ0) is 16.1. The number of aryl methyl sites for hydroxylation is 2. The Bertz CT molecular complexity index is 544. The highest BCUT2D eigenvalue weighted by atomic mass is 32.1. The van der Waals surface area contributed by atoms with Gasteiger partial charge in [-0.3, -0.25) is 25.3 Å². The zero-order valence-electron chi connectivity index (χ0n) is 13.3. The van der Waals surface area contributed by atoms with E-state index in [4.69, 9.17) is 4.74 Å². The van der Waals surface area contributed by atoms with Crippen molar-refractivity contribution < 1.29 is 14.3 Å². The minimum atomic E-state index is -0.267. The van der Waals surface area contributed by atoms with Gasteiger partial charge in [-0.2, -0.15) is 0 Å². The molecule has 0 radical (unpaired) electrons. The topological polar surface area (TPSA) is 70.7 Å². The van der Waals surface area contributed by atoms with Gasteiger partial charge in [-0.15, -0.1) is 11.3 Å². The average molecular weight is 325 g/mol. The predicted octanol–water partition coefficient (Wildman–Crippen LogP) is 1.10. The van der Waals surface area contributed by atoms with Gasteiger partial charge in [0.1, 0.15) is 0 Å². The fraction of sp³-hybridized carbons (Fsp3) is 0.600. The van der Waals surface area contributed by atoms with E-state index in [1.54, 1.807) is 0 Å². The van der Waals surface area contributed by atoms with Gasteiger partial charge in [-0.05, 0) is 31.9 Å². The molecule has 122 valence electrons. The number of nitrogens with one attached hydrogen (secondary N) is 2. The predicted molar refractivity (Wildman–Crippen MR) is 85.9 cm³/mol. The summed E-state index contributed by atoms with van der Waals surface area (Å²) in [5.41, 5.74) is 6.07. The van der Waals surface area contributed by atoms with Crippen LogP contribution in [0.15, 0.2) is 6.07 Å². The van der Waals surface area contributed by atoms with Gasteiger partial charge in [-0.25, -0.2) is 0 Å². The Labute approximate surface area is 134 Å². The summed E-state index contributed by atoms with van der Waals surface area (Å²) >= 11 is 1.46. The number of thiophene rings is 1. The van der Waals surface area contributed by atoms with E-state index in [1.165, 1.54) is 16.2 Å². The summed E-state index contributed by atoms with van der Waals surface area (Å²) in [5.74, 6) is -0.483. The summed E-state index contributed by atoms with van der Waals surface area (Å²) in [6.45, 7) is 8.39. The molecule has 2 heterocycles. The minimum absolute atomic E-state index is 0.137. The van der Waals surface area contributed by atoms with Crippen molar-refractivity contribution in [3.63, 3.8) is 0 Å². The summed E-state index contributed by atoms with van der Waals surface area (Å²) in [4.78, 5) is 27.7. The molecule has 0 saturated carbocycles. The third-order valence-electron chi connectivity index (χ3n) is 3.57. The third-order valence-corrected chi connectivity index (χ3v) is 4.95. The normalized spacial score (nSPS) is 19.0. The summed E-state index contributed by atoms with van der Waals surface area (Å²) in [6.07, 6.45) is 1.04. The molecule has 0 spiro atoms. The first-order valence-corrected chi connectivity index (χ1v) is 8.33. The molecule has 2 N–H and O–H groups in total. The van der Waals surface area contributed by atoms with Crippen LogP contribution in [0.2, 0.25) is 0 Å². The van der Waals surface area contributed by atoms with E-state index >= 15 is 0 Å². The molecule has 1 atom stereocenters. The SMILES string of the molecule is CCc1sc(C(=O)NNC(=O)CN2CCO[C@@H](C)C2)cc1C. The maximum atomic E-state index is 12.0. The molecule has 2 rings (SSSR count). The first-order chi connectivity index (χ1) is 10.5. The van der Waals surface area contributed by atoms with E-state index in [2.05, 4.69) is 17.8 Å². The van der Waals surface area contributed by atoms with Crippen molar-refractivity contribution >= 4 is 23.2 Å². The average Bonchev–Trinajstić information content (AvgIpc) is 2.86. The fourth-order valence-electron chi connectivity index (χ4n) is 2.45. The number of nitrogens with zero attached hydrogens (tertiary/aromatic N) is 1. The fourth-order valence-corrected chi connectivity index (χ4v) is 3.46. The number of carbonyl (C=O) groups is 2. The van der Waals surface area contributed by atoms with Gasteiger partial charge in [0.25, 0.3) is 11.8 Å². The monoisotopic (exact) mass is 325 g/mol. The smallest absolute Gasteiger partial charge is 0.279 e. The first kappa shape index (κ1) is 16.9. The molecule has 0 aliphatic carbocycles. The standard InChI is InChI=1S/C15H23N3O3S/c1-4-12-10(2)7-13(22-12)15(20)17-16-14(19)9-18-5-6-21-11(3)8-18/h7,11H,4-6,8-9H2,1-3H3,(H,16,19)(H,17,20)/t11-/m0/s1. The molecule has 0 unspecified atom stereocenters. The van der Waals surface area contributed by atoms with Crippen LogP contribution in [0.1, 0.15) is 34.0 Å². The molecule has 0 bridgehead atoms. The van der Waals surface area contributed by atoms with Crippen LogP contribution in [-0.2, 0) is 16.0 Å². The quantitative estimate of drug-likeness (QED) is 0.813. The van der Waals surface area contributed by atoms with Gasteiger partial charge in [0, 0.05) is 18.0 Å². The van der Waals surface area contributed by atoms with Crippen molar-refractivity contribution in [2.24, 2.45) is 0 Å². The lowest BCUT2D eigenvalue weighted by Crippen LogP contribution is -2.49. The highest BCUT2D eigenvalue weighted by Crippen LogP contribution is 2.21. The molecule has 2 amide bonds. The van der Waals surface area contributed by atoms with E-state index in [1.807, 2.05) is 24.8 Å². The van der Waals surface area contributed by atoms with Crippen molar-refractivity contribution in [3.8, 4) is 0 Å². The third kappa shape index (κ3) is 4.53. The minimum Gasteiger partial charge on any atom is -0.376 e. The molecule has 1 aliphatic rings. The first-order valence-electron chi connectivity index (χ1n) is 7.52. The highest BCUT2D eigenvalue weighted by Gasteiger charge is 2.19. The Morgan fingerprint density at radius 3 is 2.86 bits per heavy atom. The highest BCUT2D eigenvalue weighted by molar-refractivity contribution is 7.14. The van der Waals surface area contributed by atoms with Crippen LogP contribution in [0.4, 0.5) is 0 Å². The van der Waals surface area contributed by atoms with E-state index in [9.17, 15) is 9.59 Å². The van der Waals surface area contributed by atoms with E-state index in [0.29, 0.717) is 11.5 Å². The van der Waals surface area contributed by atoms with Crippen LogP contribution in [-0.4, -0.2) is 49.1 Å². The summed E-state index contributed by atoms with van der Waals surface area (Å²) in [6, 6.07) is 1.86. The van der Waals surface area contributed by atoms with Crippen LogP contribution < -0.4 is 10.9 Å². The molecule has 6 nitrogen and oxygen atoms in total. The molecular formula is C15H23N3O3S. The number of carbonyl (C=O) groups excluding carboxylic acids is 2. The molecule has 7 heteroatoms. The molecule has 1 saturated heterocycles. The maximum absolute atomic E-state index is 12.0. The molecule has 1 aromatic rings. The number of rotatable bonds is 4. The molecule has 1 aliphatic heterocycles. The lowest BCUT2D eigenvalue weighted by atomic mass is 10.2. The number of amides is 2. The summed E-state index contributed by atoms with van der Waals surface area (Å²) in [5, 5.41) is 0. The number of hydrazine groups is 1. The number of ether oxygens (including phenoxy) is 1. The van der Waals surface area contributed by atoms with Crippen LogP contribution in [0, 0.1) is 6.92 Å². The summed E-state index contributed by atoms with van der Waals surface area (Å²) in [7, 11) is 0. The van der Waals surface area contributed by atoms with Crippen molar-refractivity contribution in [1.29, 1.82) is 0 Å². The molecule has 1 aromatic heterocycles. The number of morpholine rings is 1. The van der Waals surface area contributed by atoms with Crippen molar-refractivity contribution in [2.75, 3.05) is 26.2 Å². The van der Waals surface area contributed by atoms with Gasteiger partial charge >= 0.3 is 0 Å². The van der Waals surface area contributed by atoms with Crippen molar-refractivity contribution in [2.45, 2.75) is 33.3 Å². The van der Waals surface area contributed by atoms with Crippen LogP contribution in [0.5, 0.6) is 0 Å². The Hall–Kier alpha value is -1.44. The van der Waals surface area contributed by atoms with Gasteiger partial charge < -0.3 is 4.74 Å². The second-order valence-electron chi connectivity index (χ2n) is 5.49. The Kier molecular flexibility index (Phi) is 5.93. The Balaban J connectivity index is 1.78. The van der Waals surface area contributed by atoms with Crippen molar-refractivity contribution in [1.82, 2.24) is 15.8 Å². The maximum Gasteiger partial charge on any atom is 0.279 e. The molecule has 22 heavy (non-hydrogen) atoms. The van der Waals surface area contributed by atoms with Gasteiger partial charge in [-0.1, -0.05) is 6.92 Å². The van der Waals surface area contributed by atoms with Crippen LogP contribution >= 0.6 is 11.3 Å². The second-order valence-corrected chi connectivity index (χ2v) is 6.63. The lowest BCUT2D eigenvalue weighted by Gasteiger charge is -2.30. The lowest BCUT2D eigenvalue weighted by molar-refractivity contribution is -0.124. The van der Waals surface area contributed by atoms with Gasteiger partial charge in [0.05, 0.1) is 24.1 Å². The Morgan fingerprint density at radius 1 is 1.45 bits per heavy atom. The Morgan fingerprint density at radius 2 is 2.23 bits per heavy atom. The molecule has 0 aromatic carbocycles. The number of hydrogen-bond donors (Lipinski definition) is 2. The molecular weight excluding hydrogens is 302 g/mol. The van der Waals surface area contributed by atoms with Crippen molar-refractivity contribution in [3.05, 3.63) is 21.4 Å². The van der Waals surface area contributed by atoms with E-state index < -0.39 is 0 Å².